The Bertz CT molecular complexity index is 727. The average molecular weight is 375 g/mol. The van der Waals surface area contributed by atoms with Crippen molar-refractivity contribution < 1.29 is 9.53 Å². The van der Waals surface area contributed by atoms with Crippen molar-refractivity contribution in [1.82, 2.24) is 15.6 Å². The third kappa shape index (κ3) is 7.10. The number of primary amides is 1. The molecule has 8 heteroatoms. The van der Waals surface area contributed by atoms with Crippen LogP contribution in [-0.2, 0) is 17.6 Å². The van der Waals surface area contributed by atoms with Crippen molar-refractivity contribution in [2.45, 2.75) is 19.8 Å². The maximum absolute atomic E-state index is 10.7. The minimum absolute atomic E-state index is 0.108. The molecular weight excluding hydrogens is 350 g/mol. The molecule has 1 heterocycles. The van der Waals surface area contributed by atoms with Crippen molar-refractivity contribution in [2.75, 3.05) is 26.7 Å². The number of rotatable bonds is 9. The number of nitrogens with zero attached hydrogens (tertiary/aromatic N) is 2. The summed E-state index contributed by atoms with van der Waals surface area (Å²) in [5, 5.41) is 9.76. The van der Waals surface area contributed by atoms with Crippen LogP contribution in [-0.4, -0.2) is 43.6 Å². The topological polar surface area (TPSA) is 102 Å². The van der Waals surface area contributed by atoms with E-state index in [2.05, 4.69) is 26.0 Å². The summed E-state index contributed by atoms with van der Waals surface area (Å²) in [4.78, 5) is 19.4. The number of carbonyl (C=O) groups is 1. The smallest absolute Gasteiger partial charge is 0.255 e. The van der Waals surface area contributed by atoms with E-state index in [0.29, 0.717) is 5.75 Å². The van der Waals surface area contributed by atoms with Crippen LogP contribution in [0, 0.1) is 6.92 Å². The lowest BCUT2D eigenvalue weighted by Gasteiger charge is -2.11. The van der Waals surface area contributed by atoms with Crippen LogP contribution < -0.4 is 21.1 Å². The summed E-state index contributed by atoms with van der Waals surface area (Å²) < 4.78 is 5.24. The third-order valence-corrected chi connectivity index (χ3v) is 4.40. The van der Waals surface area contributed by atoms with Crippen LogP contribution in [0.2, 0.25) is 0 Å². The number of benzene rings is 1. The number of aliphatic imine (C=N–C) groups is 1. The summed E-state index contributed by atoms with van der Waals surface area (Å²) in [7, 11) is 1.76. The first-order valence-corrected chi connectivity index (χ1v) is 9.30. The van der Waals surface area contributed by atoms with E-state index in [1.54, 1.807) is 18.4 Å². The Hall–Kier alpha value is -2.61. The molecule has 2 rings (SSSR count). The highest BCUT2D eigenvalue weighted by Crippen LogP contribution is 2.12. The van der Waals surface area contributed by atoms with Gasteiger partial charge in [-0.1, -0.05) is 12.1 Å². The number of amides is 1. The summed E-state index contributed by atoms with van der Waals surface area (Å²) in [5.41, 5.74) is 7.32. The number of thiazole rings is 1. The minimum atomic E-state index is -0.484. The fourth-order valence-corrected chi connectivity index (χ4v) is 2.93. The summed E-state index contributed by atoms with van der Waals surface area (Å²) in [6, 6.07) is 7.61. The summed E-state index contributed by atoms with van der Waals surface area (Å²) >= 11 is 1.67. The average Bonchev–Trinajstić information content (AvgIpc) is 3.05. The molecule has 0 aliphatic carbocycles. The van der Waals surface area contributed by atoms with Crippen molar-refractivity contribution in [3.05, 3.63) is 45.9 Å². The molecule has 140 valence electrons. The fraction of sp³-hybridized carbons (Fsp3) is 0.389. The summed E-state index contributed by atoms with van der Waals surface area (Å²) in [5.74, 6) is 0.927. The quantitative estimate of drug-likeness (QED) is 0.452. The van der Waals surface area contributed by atoms with Crippen LogP contribution >= 0.6 is 11.3 Å². The lowest BCUT2D eigenvalue weighted by Crippen LogP contribution is -2.39. The van der Waals surface area contributed by atoms with Crippen molar-refractivity contribution in [1.29, 1.82) is 0 Å². The van der Waals surface area contributed by atoms with Crippen LogP contribution in [0.3, 0.4) is 0 Å². The molecule has 7 nitrogen and oxygen atoms in total. The van der Waals surface area contributed by atoms with Crippen LogP contribution in [0.25, 0.3) is 0 Å². The number of guanidine groups is 1. The molecule has 4 N–H and O–H groups in total. The van der Waals surface area contributed by atoms with Gasteiger partial charge in [0.2, 0.25) is 0 Å². The molecule has 0 unspecified atom stereocenters. The van der Waals surface area contributed by atoms with Gasteiger partial charge in [-0.15, -0.1) is 11.3 Å². The zero-order chi connectivity index (χ0) is 18.8. The molecule has 1 aromatic heterocycles. The van der Waals surface area contributed by atoms with E-state index in [1.807, 2.05) is 31.2 Å². The molecule has 26 heavy (non-hydrogen) atoms. The van der Waals surface area contributed by atoms with Crippen LogP contribution in [0.1, 0.15) is 16.3 Å². The molecular formula is C18H25N5O2S. The van der Waals surface area contributed by atoms with Gasteiger partial charge in [0.25, 0.3) is 5.91 Å². The van der Waals surface area contributed by atoms with Gasteiger partial charge in [-0.05, 0) is 31.0 Å². The van der Waals surface area contributed by atoms with Gasteiger partial charge in [-0.3, -0.25) is 9.79 Å². The molecule has 0 radical (unpaired) electrons. The molecule has 0 atom stereocenters. The van der Waals surface area contributed by atoms with E-state index in [-0.39, 0.29) is 6.61 Å². The van der Waals surface area contributed by atoms with Crippen molar-refractivity contribution >= 4 is 23.2 Å². The van der Waals surface area contributed by atoms with Crippen molar-refractivity contribution in [2.24, 2.45) is 10.7 Å². The highest BCUT2D eigenvalue weighted by Gasteiger charge is 2.02. The predicted molar refractivity (Wildman–Crippen MR) is 105 cm³/mol. The van der Waals surface area contributed by atoms with Gasteiger partial charge in [0, 0.05) is 31.9 Å². The number of nitrogens with one attached hydrogen (secondary N) is 2. The third-order valence-electron chi connectivity index (χ3n) is 3.57. The lowest BCUT2D eigenvalue weighted by atomic mass is 10.1. The molecule has 0 spiro atoms. The van der Waals surface area contributed by atoms with Gasteiger partial charge in [0.1, 0.15) is 5.75 Å². The first-order valence-electron chi connectivity index (χ1n) is 8.42. The molecule has 1 amide bonds. The van der Waals surface area contributed by atoms with Gasteiger partial charge in [-0.25, -0.2) is 4.98 Å². The molecule has 0 aliphatic rings. The van der Waals surface area contributed by atoms with Gasteiger partial charge < -0.3 is 21.1 Å². The Morgan fingerprint density at radius 2 is 1.92 bits per heavy atom. The number of aryl methyl sites for hydroxylation is 1. The highest BCUT2D eigenvalue weighted by molar-refractivity contribution is 7.09. The number of hydrogen-bond donors (Lipinski definition) is 3. The van der Waals surface area contributed by atoms with E-state index < -0.39 is 5.91 Å². The number of carbonyl (C=O) groups excluding carboxylic acids is 1. The van der Waals surface area contributed by atoms with Crippen molar-refractivity contribution in [3.8, 4) is 5.75 Å². The van der Waals surface area contributed by atoms with E-state index in [0.717, 1.165) is 48.2 Å². The maximum Gasteiger partial charge on any atom is 0.255 e. The molecule has 0 aliphatic heterocycles. The summed E-state index contributed by atoms with van der Waals surface area (Å²) in [6.07, 6.45) is 1.72. The number of nitrogens with two attached hydrogens (primary N) is 1. The highest BCUT2D eigenvalue weighted by atomic mass is 32.1. The number of ether oxygens (including phenoxy) is 1. The Morgan fingerprint density at radius 1 is 1.23 bits per heavy atom. The van der Waals surface area contributed by atoms with Crippen LogP contribution in [0.5, 0.6) is 5.75 Å². The Morgan fingerprint density at radius 3 is 2.50 bits per heavy atom. The SMILES string of the molecule is CN=C(NCCc1ccc(OCC(N)=O)cc1)NCCc1csc(C)n1. The first-order chi connectivity index (χ1) is 12.6. The van der Waals surface area contributed by atoms with Gasteiger partial charge in [-0.2, -0.15) is 0 Å². The van der Waals surface area contributed by atoms with Gasteiger partial charge in [0.15, 0.2) is 12.6 Å². The van der Waals surface area contributed by atoms with Crippen LogP contribution in [0.4, 0.5) is 0 Å². The van der Waals surface area contributed by atoms with E-state index in [1.165, 1.54) is 0 Å². The first kappa shape index (κ1) is 19.7. The molecule has 1 aromatic carbocycles. The molecule has 0 fully saturated rings. The standard InChI is InChI=1S/C18H25N5O2S/c1-13-23-15(12-26-13)8-10-22-18(20-2)21-9-7-14-3-5-16(6-4-14)25-11-17(19)24/h3-6,12H,7-11H2,1-2H3,(H2,19,24)(H2,20,21,22). The zero-order valence-corrected chi connectivity index (χ0v) is 15.9. The fourth-order valence-electron chi connectivity index (χ4n) is 2.28. The Kier molecular flexibility index (Phi) is 7.88. The predicted octanol–water partition coefficient (Wildman–Crippen LogP) is 1.27. The normalized spacial score (nSPS) is 11.2. The molecule has 0 saturated carbocycles. The van der Waals surface area contributed by atoms with Gasteiger partial charge in [0.05, 0.1) is 10.7 Å². The second-order valence-corrected chi connectivity index (χ2v) is 6.74. The van der Waals surface area contributed by atoms with E-state index in [4.69, 9.17) is 10.5 Å². The second-order valence-electron chi connectivity index (χ2n) is 5.68. The van der Waals surface area contributed by atoms with Gasteiger partial charge >= 0.3 is 0 Å². The largest absolute Gasteiger partial charge is 0.484 e. The molecule has 0 bridgehead atoms. The monoisotopic (exact) mass is 375 g/mol. The minimum Gasteiger partial charge on any atom is -0.484 e. The van der Waals surface area contributed by atoms with E-state index >= 15 is 0 Å². The summed E-state index contributed by atoms with van der Waals surface area (Å²) in [6.45, 7) is 3.45. The maximum atomic E-state index is 10.7. The molecule has 0 saturated heterocycles. The van der Waals surface area contributed by atoms with E-state index in [9.17, 15) is 4.79 Å². The second kappa shape index (κ2) is 10.4. The lowest BCUT2D eigenvalue weighted by molar-refractivity contribution is -0.119. The number of hydrogen-bond acceptors (Lipinski definition) is 5. The zero-order valence-electron chi connectivity index (χ0n) is 15.1. The number of aromatic nitrogens is 1. The Balaban J connectivity index is 1.67. The molecule has 2 aromatic rings. The van der Waals surface area contributed by atoms with Crippen molar-refractivity contribution in [3.63, 3.8) is 0 Å². The Labute approximate surface area is 157 Å². The van der Waals surface area contributed by atoms with Crippen LogP contribution in [0.15, 0.2) is 34.6 Å².